The zero-order chi connectivity index (χ0) is 18.2. The summed E-state index contributed by atoms with van der Waals surface area (Å²) in [5.74, 6) is -0.258. The van der Waals surface area contributed by atoms with Crippen LogP contribution >= 0.6 is 0 Å². The fourth-order valence-corrected chi connectivity index (χ4v) is 2.51. The Morgan fingerprint density at radius 1 is 1.20 bits per heavy atom. The van der Waals surface area contributed by atoms with Gasteiger partial charge in [0.15, 0.2) is 0 Å². The maximum atomic E-state index is 13.8. The van der Waals surface area contributed by atoms with Gasteiger partial charge in [-0.25, -0.2) is 9.18 Å². The van der Waals surface area contributed by atoms with Crippen molar-refractivity contribution in [3.05, 3.63) is 71.0 Å². The van der Waals surface area contributed by atoms with E-state index in [0.29, 0.717) is 12.1 Å². The van der Waals surface area contributed by atoms with Crippen LogP contribution in [0.5, 0.6) is 0 Å². The number of amides is 2. The number of aliphatic hydroxyl groups excluding tert-OH is 1. The number of rotatable bonds is 7. The Hall–Kier alpha value is -2.44. The summed E-state index contributed by atoms with van der Waals surface area (Å²) in [7, 11) is 3.74. The molecule has 0 aliphatic carbocycles. The molecule has 0 saturated heterocycles. The zero-order valence-corrected chi connectivity index (χ0v) is 14.5. The van der Waals surface area contributed by atoms with Gasteiger partial charge >= 0.3 is 6.03 Å². The second kappa shape index (κ2) is 9.15. The molecule has 0 radical (unpaired) electrons. The van der Waals surface area contributed by atoms with Gasteiger partial charge in [0.1, 0.15) is 5.82 Å². The highest BCUT2D eigenvalue weighted by Gasteiger charge is 2.13. The molecule has 2 aromatic carbocycles. The Kier molecular flexibility index (Phi) is 6.91. The zero-order valence-electron chi connectivity index (χ0n) is 14.5. The lowest BCUT2D eigenvalue weighted by Crippen LogP contribution is -2.38. The molecular weight excluding hydrogens is 321 g/mol. The van der Waals surface area contributed by atoms with Crippen molar-refractivity contribution in [2.45, 2.75) is 19.1 Å². The second-order valence-corrected chi connectivity index (χ2v) is 6.14. The molecule has 2 aromatic rings. The molecule has 2 rings (SSSR count). The average Bonchev–Trinajstić information content (AvgIpc) is 2.60. The van der Waals surface area contributed by atoms with Crippen molar-refractivity contribution < 1.29 is 14.3 Å². The molecule has 0 spiro atoms. The number of carbonyl (C=O) groups excluding carboxylic acids is 1. The fraction of sp³-hybridized carbons (Fsp3) is 0.316. The molecule has 0 saturated carbocycles. The van der Waals surface area contributed by atoms with Crippen LogP contribution in [-0.4, -0.2) is 36.7 Å². The van der Waals surface area contributed by atoms with Crippen LogP contribution < -0.4 is 10.6 Å². The van der Waals surface area contributed by atoms with Gasteiger partial charge in [-0.2, -0.15) is 0 Å². The van der Waals surface area contributed by atoms with Gasteiger partial charge in [-0.05, 0) is 37.4 Å². The Morgan fingerprint density at radius 3 is 2.56 bits per heavy atom. The van der Waals surface area contributed by atoms with E-state index in [-0.39, 0.29) is 25.0 Å². The molecular formula is C19H24FN3O2. The number of hydrogen-bond acceptors (Lipinski definition) is 3. The summed E-state index contributed by atoms with van der Waals surface area (Å²) in [6.45, 7) is 0.576. The Balaban J connectivity index is 1.93. The van der Waals surface area contributed by atoms with Gasteiger partial charge < -0.3 is 20.6 Å². The molecule has 0 heterocycles. The van der Waals surface area contributed by atoms with E-state index >= 15 is 0 Å². The van der Waals surface area contributed by atoms with E-state index in [1.807, 2.05) is 49.3 Å². The van der Waals surface area contributed by atoms with Crippen molar-refractivity contribution in [2.24, 2.45) is 0 Å². The third-order valence-electron chi connectivity index (χ3n) is 3.74. The fourth-order valence-electron chi connectivity index (χ4n) is 2.51. The van der Waals surface area contributed by atoms with E-state index in [0.717, 1.165) is 11.1 Å². The number of urea groups is 1. The van der Waals surface area contributed by atoms with Crippen molar-refractivity contribution in [2.75, 3.05) is 20.7 Å². The van der Waals surface area contributed by atoms with E-state index in [4.69, 9.17) is 0 Å². The molecule has 0 aromatic heterocycles. The summed E-state index contributed by atoms with van der Waals surface area (Å²) in [4.78, 5) is 14.0. The van der Waals surface area contributed by atoms with Gasteiger partial charge in [0, 0.05) is 18.7 Å². The van der Waals surface area contributed by atoms with Crippen LogP contribution in [-0.2, 0) is 13.1 Å². The highest BCUT2D eigenvalue weighted by atomic mass is 19.1. The number of aliphatic hydroxyl groups is 1. The first kappa shape index (κ1) is 18.9. The molecule has 25 heavy (non-hydrogen) atoms. The minimum absolute atomic E-state index is 0.193. The number of nitrogens with one attached hydrogen (secondary N) is 2. The monoisotopic (exact) mass is 345 g/mol. The highest BCUT2D eigenvalue weighted by molar-refractivity contribution is 5.74. The van der Waals surface area contributed by atoms with Crippen LogP contribution in [0.3, 0.4) is 0 Å². The van der Waals surface area contributed by atoms with Crippen molar-refractivity contribution in [1.29, 1.82) is 0 Å². The highest BCUT2D eigenvalue weighted by Crippen LogP contribution is 2.13. The number of nitrogens with zero attached hydrogens (tertiary/aromatic N) is 1. The second-order valence-electron chi connectivity index (χ2n) is 6.14. The standard InChI is InChI=1S/C19H24FN3O2/c1-23(2)12-16-10-14(8-9-17(16)20)11-21-19(25)22-18(13-24)15-6-4-3-5-7-15/h3-10,18,24H,11-13H2,1-2H3,(H2,21,22,25). The molecule has 5 nitrogen and oxygen atoms in total. The van der Waals surface area contributed by atoms with E-state index < -0.39 is 6.04 Å². The Labute approximate surface area is 147 Å². The minimum Gasteiger partial charge on any atom is -0.394 e. The smallest absolute Gasteiger partial charge is 0.315 e. The first-order chi connectivity index (χ1) is 12.0. The molecule has 0 fully saturated rings. The van der Waals surface area contributed by atoms with Crippen LogP contribution in [0.2, 0.25) is 0 Å². The number of benzene rings is 2. The molecule has 6 heteroatoms. The number of hydrogen-bond donors (Lipinski definition) is 3. The molecule has 2 amide bonds. The summed E-state index contributed by atoms with van der Waals surface area (Å²) in [6, 6.07) is 13.2. The maximum absolute atomic E-state index is 13.8. The van der Waals surface area contributed by atoms with Crippen molar-refractivity contribution >= 4 is 6.03 Å². The molecule has 3 N–H and O–H groups in total. The summed E-state index contributed by atoms with van der Waals surface area (Å²) >= 11 is 0. The molecule has 1 unspecified atom stereocenters. The van der Waals surface area contributed by atoms with E-state index in [1.165, 1.54) is 6.07 Å². The topological polar surface area (TPSA) is 64.6 Å². The lowest BCUT2D eigenvalue weighted by molar-refractivity contribution is 0.216. The summed E-state index contributed by atoms with van der Waals surface area (Å²) < 4.78 is 13.8. The van der Waals surface area contributed by atoms with E-state index in [2.05, 4.69) is 10.6 Å². The quantitative estimate of drug-likeness (QED) is 0.722. The third-order valence-corrected chi connectivity index (χ3v) is 3.74. The number of carbonyl (C=O) groups is 1. The van der Waals surface area contributed by atoms with Gasteiger partial charge in [0.25, 0.3) is 0 Å². The van der Waals surface area contributed by atoms with Crippen LogP contribution in [0.4, 0.5) is 9.18 Å². The minimum atomic E-state index is -0.473. The van der Waals surface area contributed by atoms with Gasteiger partial charge in [-0.15, -0.1) is 0 Å². The molecule has 0 aliphatic rings. The molecule has 0 bridgehead atoms. The average molecular weight is 345 g/mol. The molecule has 134 valence electrons. The van der Waals surface area contributed by atoms with Crippen LogP contribution in [0.1, 0.15) is 22.7 Å². The van der Waals surface area contributed by atoms with Crippen molar-refractivity contribution in [1.82, 2.24) is 15.5 Å². The SMILES string of the molecule is CN(C)Cc1cc(CNC(=O)NC(CO)c2ccccc2)ccc1F. The predicted molar refractivity (Wildman–Crippen MR) is 95.4 cm³/mol. The van der Waals surface area contributed by atoms with Gasteiger partial charge in [0.05, 0.1) is 12.6 Å². The molecule has 0 aliphatic heterocycles. The first-order valence-electron chi connectivity index (χ1n) is 8.11. The predicted octanol–water partition coefficient (Wildman–Crippen LogP) is 2.42. The number of halogens is 1. The van der Waals surface area contributed by atoms with E-state index in [1.54, 1.807) is 12.1 Å². The van der Waals surface area contributed by atoms with Gasteiger partial charge in [-0.3, -0.25) is 0 Å². The van der Waals surface area contributed by atoms with Crippen LogP contribution in [0.15, 0.2) is 48.5 Å². The Bertz CT molecular complexity index is 692. The molecule has 1 atom stereocenters. The third kappa shape index (κ3) is 5.85. The van der Waals surface area contributed by atoms with E-state index in [9.17, 15) is 14.3 Å². The Morgan fingerprint density at radius 2 is 1.92 bits per heavy atom. The van der Waals surface area contributed by atoms with Crippen molar-refractivity contribution in [3.63, 3.8) is 0 Å². The summed E-state index contributed by atoms with van der Waals surface area (Å²) in [5, 5.41) is 14.9. The lowest BCUT2D eigenvalue weighted by Gasteiger charge is -2.17. The van der Waals surface area contributed by atoms with Gasteiger partial charge in [0.2, 0.25) is 0 Å². The van der Waals surface area contributed by atoms with Crippen LogP contribution in [0.25, 0.3) is 0 Å². The summed E-state index contributed by atoms with van der Waals surface area (Å²) in [5.41, 5.74) is 2.23. The summed E-state index contributed by atoms with van der Waals surface area (Å²) in [6.07, 6.45) is 0. The normalized spacial score (nSPS) is 12.0. The van der Waals surface area contributed by atoms with Crippen LogP contribution in [0, 0.1) is 5.82 Å². The first-order valence-corrected chi connectivity index (χ1v) is 8.11. The van der Waals surface area contributed by atoms with Crippen molar-refractivity contribution in [3.8, 4) is 0 Å². The lowest BCUT2D eigenvalue weighted by atomic mass is 10.1. The van der Waals surface area contributed by atoms with Gasteiger partial charge in [-0.1, -0.05) is 36.4 Å². The largest absolute Gasteiger partial charge is 0.394 e. The maximum Gasteiger partial charge on any atom is 0.315 e.